The molecular formula is C17H23NO3. The monoisotopic (exact) mass is 289 g/mol. The molecule has 1 aromatic heterocycles. The largest absolute Gasteiger partial charge is 0.494 e. The van der Waals surface area contributed by atoms with Crippen LogP contribution in [0.25, 0.3) is 0 Å². The van der Waals surface area contributed by atoms with Gasteiger partial charge >= 0.3 is 0 Å². The van der Waals surface area contributed by atoms with Crippen LogP contribution in [-0.4, -0.2) is 27.0 Å². The molecule has 1 saturated heterocycles. The predicted octanol–water partition coefficient (Wildman–Crippen LogP) is 3.24. The van der Waals surface area contributed by atoms with Crippen molar-refractivity contribution in [3.63, 3.8) is 0 Å². The maximum atomic E-state index is 10.5. The highest BCUT2D eigenvalue weighted by molar-refractivity contribution is 5.59. The lowest BCUT2D eigenvalue weighted by Gasteiger charge is -2.20. The fourth-order valence-corrected chi connectivity index (χ4v) is 4.76. The highest BCUT2D eigenvalue weighted by Crippen LogP contribution is 2.70. The van der Waals surface area contributed by atoms with Crippen LogP contribution in [0.15, 0.2) is 12.7 Å². The molecule has 2 fully saturated rings. The summed E-state index contributed by atoms with van der Waals surface area (Å²) >= 11 is 0. The Bertz CT molecular complexity index is 552. The molecule has 1 aromatic rings. The minimum Gasteiger partial charge on any atom is -0.494 e. The second-order valence-electron chi connectivity index (χ2n) is 6.65. The lowest BCUT2D eigenvalue weighted by Crippen LogP contribution is -2.12. The van der Waals surface area contributed by atoms with Crippen LogP contribution in [0.1, 0.15) is 55.6 Å². The highest BCUT2D eigenvalue weighted by atomic mass is 16.6. The Morgan fingerprint density at radius 2 is 1.76 bits per heavy atom. The molecule has 2 heterocycles. The standard InChI is InChI=1S/C17H23NO3/c1-3-5-6-7-9-10-12-13(11(9)15-14(10)21-15)17(20)18(8-4-2)16(12)19/h4,9-11,14-15,19-20H,2-3,5-8H2,1H3. The quantitative estimate of drug-likeness (QED) is 0.480. The first-order valence-electron chi connectivity index (χ1n) is 8.11. The van der Waals surface area contributed by atoms with Gasteiger partial charge in [0.1, 0.15) is 0 Å². The Labute approximate surface area is 125 Å². The van der Waals surface area contributed by atoms with Crippen LogP contribution in [-0.2, 0) is 11.3 Å². The Balaban J connectivity index is 1.69. The molecule has 0 aromatic carbocycles. The van der Waals surface area contributed by atoms with Gasteiger partial charge in [-0.1, -0.05) is 32.3 Å². The average molecular weight is 289 g/mol. The van der Waals surface area contributed by atoms with E-state index in [4.69, 9.17) is 4.74 Å². The minimum atomic E-state index is 0.226. The van der Waals surface area contributed by atoms with Crippen molar-refractivity contribution in [3.05, 3.63) is 23.8 Å². The van der Waals surface area contributed by atoms with Gasteiger partial charge in [0.15, 0.2) is 11.8 Å². The molecule has 0 amide bonds. The minimum absolute atomic E-state index is 0.226. The number of aromatic hydroxyl groups is 2. The molecule has 0 spiro atoms. The molecule has 21 heavy (non-hydrogen) atoms. The molecule has 4 atom stereocenters. The van der Waals surface area contributed by atoms with Crippen LogP contribution in [0.2, 0.25) is 0 Å². The van der Waals surface area contributed by atoms with Crippen molar-refractivity contribution < 1.29 is 14.9 Å². The van der Waals surface area contributed by atoms with E-state index < -0.39 is 0 Å². The Kier molecular flexibility index (Phi) is 2.86. The zero-order chi connectivity index (χ0) is 14.7. The number of nitrogens with zero attached hydrogens (tertiary/aromatic N) is 1. The van der Waals surface area contributed by atoms with Crippen molar-refractivity contribution in [1.29, 1.82) is 0 Å². The number of allylic oxidation sites excluding steroid dienone is 1. The van der Waals surface area contributed by atoms with E-state index in [0.717, 1.165) is 11.1 Å². The number of hydrogen-bond donors (Lipinski definition) is 2. The fourth-order valence-electron chi connectivity index (χ4n) is 4.76. The lowest BCUT2D eigenvalue weighted by molar-refractivity contribution is 0.223. The van der Waals surface area contributed by atoms with Gasteiger partial charge in [-0.2, -0.15) is 0 Å². The van der Waals surface area contributed by atoms with Gasteiger partial charge in [0.2, 0.25) is 0 Å². The summed E-state index contributed by atoms with van der Waals surface area (Å²) < 4.78 is 7.35. The van der Waals surface area contributed by atoms with Gasteiger partial charge in [-0.05, 0) is 12.3 Å². The predicted molar refractivity (Wildman–Crippen MR) is 79.7 cm³/mol. The third-order valence-corrected chi connectivity index (χ3v) is 5.59. The maximum absolute atomic E-state index is 10.5. The van der Waals surface area contributed by atoms with Crippen molar-refractivity contribution >= 4 is 0 Å². The van der Waals surface area contributed by atoms with E-state index in [1.165, 1.54) is 25.7 Å². The number of ether oxygens (including phenoxy) is 1. The molecule has 4 rings (SSSR count). The fraction of sp³-hybridized carbons (Fsp3) is 0.647. The zero-order valence-electron chi connectivity index (χ0n) is 12.5. The van der Waals surface area contributed by atoms with Crippen molar-refractivity contribution in [2.75, 3.05) is 0 Å². The van der Waals surface area contributed by atoms with Gasteiger partial charge < -0.3 is 14.9 Å². The topological polar surface area (TPSA) is 57.9 Å². The number of hydrogen-bond acceptors (Lipinski definition) is 3. The second-order valence-corrected chi connectivity index (χ2v) is 6.65. The van der Waals surface area contributed by atoms with Gasteiger partial charge in [0.25, 0.3) is 0 Å². The van der Waals surface area contributed by atoms with E-state index in [2.05, 4.69) is 13.5 Å². The summed E-state index contributed by atoms with van der Waals surface area (Å²) in [6, 6.07) is 0. The number of aromatic nitrogens is 1. The van der Waals surface area contributed by atoms with Crippen molar-refractivity contribution in [3.8, 4) is 11.8 Å². The van der Waals surface area contributed by atoms with E-state index in [1.807, 2.05) is 0 Å². The third kappa shape index (κ3) is 1.60. The molecule has 4 nitrogen and oxygen atoms in total. The van der Waals surface area contributed by atoms with Gasteiger partial charge in [-0.15, -0.1) is 6.58 Å². The van der Waals surface area contributed by atoms with E-state index >= 15 is 0 Å². The lowest BCUT2D eigenvalue weighted by atomic mass is 9.88. The van der Waals surface area contributed by atoms with Gasteiger partial charge in [-0.25, -0.2) is 0 Å². The summed E-state index contributed by atoms with van der Waals surface area (Å²) in [5.41, 5.74) is 1.92. The van der Waals surface area contributed by atoms with E-state index in [0.29, 0.717) is 12.5 Å². The number of rotatable bonds is 6. The first-order valence-corrected chi connectivity index (χ1v) is 8.11. The molecular weight excluding hydrogens is 266 g/mol. The molecule has 3 aliphatic rings. The molecule has 2 aliphatic carbocycles. The summed E-state index contributed by atoms with van der Waals surface area (Å²) in [7, 11) is 0. The Hall–Kier alpha value is -1.42. The molecule has 114 valence electrons. The average Bonchev–Trinajstić information content (AvgIpc) is 3.07. The van der Waals surface area contributed by atoms with E-state index in [1.54, 1.807) is 10.6 Å². The van der Waals surface area contributed by atoms with Gasteiger partial charge in [-0.3, -0.25) is 4.57 Å². The van der Waals surface area contributed by atoms with Crippen LogP contribution in [0.4, 0.5) is 0 Å². The maximum Gasteiger partial charge on any atom is 0.198 e. The van der Waals surface area contributed by atoms with Crippen molar-refractivity contribution in [2.24, 2.45) is 5.92 Å². The number of fused-ring (bicyclic) bond motifs is 8. The number of unbranched alkanes of at least 4 members (excludes halogenated alkanes) is 2. The SMILES string of the molecule is C=CCn1c(O)c2c(c1O)C1C(CCCCC)C2C2OC21. The van der Waals surface area contributed by atoms with E-state index in [9.17, 15) is 10.2 Å². The molecule has 2 bridgehead atoms. The van der Waals surface area contributed by atoms with Crippen molar-refractivity contribution in [1.82, 2.24) is 4.57 Å². The zero-order valence-corrected chi connectivity index (χ0v) is 12.5. The molecule has 4 heteroatoms. The summed E-state index contributed by atoms with van der Waals surface area (Å²) in [5, 5.41) is 21.0. The molecule has 4 unspecified atom stereocenters. The van der Waals surface area contributed by atoms with E-state index in [-0.39, 0.29) is 35.8 Å². The van der Waals surface area contributed by atoms with Crippen LogP contribution in [0.3, 0.4) is 0 Å². The van der Waals surface area contributed by atoms with Crippen molar-refractivity contribution in [2.45, 2.75) is 63.2 Å². The Morgan fingerprint density at radius 1 is 1.14 bits per heavy atom. The first-order chi connectivity index (χ1) is 10.2. The Morgan fingerprint density at radius 3 is 2.29 bits per heavy atom. The summed E-state index contributed by atoms with van der Waals surface area (Å²) in [6.07, 6.45) is 7.14. The van der Waals surface area contributed by atoms with Gasteiger partial charge in [0.05, 0.1) is 12.2 Å². The highest BCUT2D eigenvalue weighted by Gasteiger charge is 2.69. The summed E-state index contributed by atoms with van der Waals surface area (Å²) in [6.45, 7) is 6.36. The van der Waals surface area contributed by atoms with Crippen LogP contribution in [0, 0.1) is 5.92 Å². The molecule has 1 saturated carbocycles. The summed E-state index contributed by atoms with van der Waals surface area (Å²) in [5.74, 6) is 1.56. The van der Waals surface area contributed by atoms with Crippen LogP contribution < -0.4 is 0 Å². The second kappa shape index (κ2) is 4.54. The normalized spacial score (nSPS) is 34.8. The first kappa shape index (κ1) is 13.3. The molecule has 1 aliphatic heterocycles. The smallest absolute Gasteiger partial charge is 0.198 e. The van der Waals surface area contributed by atoms with Crippen LogP contribution >= 0.6 is 0 Å². The number of epoxide rings is 1. The third-order valence-electron chi connectivity index (χ3n) is 5.59. The molecule has 0 radical (unpaired) electrons. The molecule has 2 N–H and O–H groups in total. The van der Waals surface area contributed by atoms with Gasteiger partial charge in [0, 0.05) is 29.5 Å². The van der Waals surface area contributed by atoms with Crippen LogP contribution in [0.5, 0.6) is 11.8 Å². The summed E-state index contributed by atoms with van der Waals surface area (Å²) in [4.78, 5) is 0.